The van der Waals surface area contributed by atoms with E-state index in [-0.39, 0.29) is 23.8 Å². The van der Waals surface area contributed by atoms with Crippen LogP contribution in [0.1, 0.15) is 38.5 Å². The molecule has 3 N–H and O–H groups in total. The standard InChI is InChI=1S/C13H24N2O2/c14-10-13(5-1-2-6-13)12(17)15-7-3-4-11(8-15)9-16/h11,16H,1-10,14H2. The average molecular weight is 240 g/mol. The second-order valence-electron chi connectivity index (χ2n) is 5.63. The predicted molar refractivity (Wildman–Crippen MR) is 66.3 cm³/mol. The lowest BCUT2D eigenvalue weighted by molar-refractivity contribution is -0.143. The first kappa shape index (κ1) is 12.8. The van der Waals surface area contributed by atoms with Crippen LogP contribution in [0.4, 0.5) is 0 Å². The highest BCUT2D eigenvalue weighted by molar-refractivity contribution is 5.83. The van der Waals surface area contributed by atoms with Gasteiger partial charge in [0.1, 0.15) is 0 Å². The van der Waals surface area contributed by atoms with Gasteiger partial charge in [-0.3, -0.25) is 4.79 Å². The first-order valence-corrected chi connectivity index (χ1v) is 6.82. The highest BCUT2D eigenvalue weighted by Crippen LogP contribution is 2.39. The summed E-state index contributed by atoms with van der Waals surface area (Å²) < 4.78 is 0. The largest absolute Gasteiger partial charge is 0.396 e. The molecule has 17 heavy (non-hydrogen) atoms. The molecule has 2 aliphatic rings. The van der Waals surface area contributed by atoms with E-state index < -0.39 is 0 Å². The van der Waals surface area contributed by atoms with Gasteiger partial charge in [0.05, 0.1) is 5.41 Å². The molecule has 0 bridgehead atoms. The van der Waals surface area contributed by atoms with Crippen LogP contribution < -0.4 is 5.73 Å². The van der Waals surface area contributed by atoms with Crippen LogP contribution in [0.5, 0.6) is 0 Å². The molecule has 1 saturated carbocycles. The van der Waals surface area contributed by atoms with Crippen molar-refractivity contribution in [2.45, 2.75) is 38.5 Å². The van der Waals surface area contributed by atoms with E-state index >= 15 is 0 Å². The van der Waals surface area contributed by atoms with Crippen LogP contribution in [0, 0.1) is 11.3 Å². The van der Waals surface area contributed by atoms with Crippen LogP contribution >= 0.6 is 0 Å². The van der Waals surface area contributed by atoms with E-state index in [9.17, 15) is 9.90 Å². The average Bonchev–Trinajstić information content (AvgIpc) is 2.88. The van der Waals surface area contributed by atoms with Crippen molar-refractivity contribution in [3.05, 3.63) is 0 Å². The number of aliphatic hydroxyl groups excluding tert-OH is 1. The van der Waals surface area contributed by atoms with Gasteiger partial charge < -0.3 is 15.7 Å². The number of hydrogen-bond donors (Lipinski definition) is 2. The Kier molecular flexibility index (Phi) is 4.05. The Morgan fingerprint density at radius 2 is 2.06 bits per heavy atom. The van der Waals surface area contributed by atoms with Crippen LogP contribution in [-0.4, -0.2) is 42.2 Å². The lowest BCUT2D eigenvalue weighted by Gasteiger charge is -2.38. The Bertz CT molecular complexity index is 275. The molecule has 0 aromatic heterocycles. The molecule has 1 heterocycles. The number of amides is 1. The van der Waals surface area contributed by atoms with E-state index in [1.54, 1.807) is 0 Å². The predicted octanol–water partition coefficient (Wildman–Crippen LogP) is 0.736. The minimum absolute atomic E-state index is 0.194. The summed E-state index contributed by atoms with van der Waals surface area (Å²) in [4.78, 5) is 14.5. The molecule has 1 amide bonds. The lowest BCUT2D eigenvalue weighted by Crippen LogP contribution is -2.50. The van der Waals surface area contributed by atoms with Crippen molar-refractivity contribution in [3.8, 4) is 0 Å². The van der Waals surface area contributed by atoms with Crippen molar-refractivity contribution in [1.29, 1.82) is 0 Å². The Morgan fingerprint density at radius 1 is 1.35 bits per heavy atom. The SMILES string of the molecule is NCC1(C(=O)N2CCCC(CO)C2)CCCC1. The molecule has 4 nitrogen and oxygen atoms in total. The number of carbonyl (C=O) groups excluding carboxylic acids is 1. The van der Waals surface area contributed by atoms with E-state index in [0.29, 0.717) is 6.54 Å². The van der Waals surface area contributed by atoms with Crippen molar-refractivity contribution >= 4 is 5.91 Å². The van der Waals surface area contributed by atoms with Gasteiger partial charge in [-0.15, -0.1) is 0 Å². The highest BCUT2D eigenvalue weighted by Gasteiger charge is 2.43. The molecule has 2 fully saturated rings. The van der Waals surface area contributed by atoms with E-state index in [2.05, 4.69) is 0 Å². The smallest absolute Gasteiger partial charge is 0.230 e. The van der Waals surface area contributed by atoms with Crippen LogP contribution in [0.2, 0.25) is 0 Å². The van der Waals surface area contributed by atoms with E-state index in [1.807, 2.05) is 4.90 Å². The van der Waals surface area contributed by atoms with Crippen molar-refractivity contribution < 1.29 is 9.90 Å². The molecular weight excluding hydrogens is 216 g/mol. The molecule has 0 aromatic rings. The maximum absolute atomic E-state index is 12.6. The minimum Gasteiger partial charge on any atom is -0.396 e. The molecule has 1 saturated heterocycles. The fourth-order valence-corrected chi connectivity index (χ4v) is 3.29. The topological polar surface area (TPSA) is 66.6 Å². The first-order valence-electron chi connectivity index (χ1n) is 6.82. The summed E-state index contributed by atoms with van der Waals surface area (Å²) in [7, 11) is 0. The Morgan fingerprint density at radius 3 is 2.65 bits per heavy atom. The van der Waals surface area contributed by atoms with Gasteiger partial charge in [-0.05, 0) is 31.6 Å². The van der Waals surface area contributed by atoms with Crippen molar-refractivity contribution in [3.63, 3.8) is 0 Å². The van der Waals surface area contributed by atoms with Crippen molar-refractivity contribution in [2.24, 2.45) is 17.1 Å². The number of aliphatic hydroxyl groups is 1. The van der Waals surface area contributed by atoms with Crippen LogP contribution in [0.3, 0.4) is 0 Å². The number of nitrogens with two attached hydrogens (primary N) is 1. The monoisotopic (exact) mass is 240 g/mol. The van der Waals surface area contributed by atoms with E-state index in [4.69, 9.17) is 5.73 Å². The van der Waals surface area contributed by atoms with Gasteiger partial charge in [0, 0.05) is 26.2 Å². The summed E-state index contributed by atoms with van der Waals surface area (Å²) in [5.41, 5.74) is 5.57. The van der Waals surface area contributed by atoms with Crippen LogP contribution in [0.25, 0.3) is 0 Å². The van der Waals surface area contributed by atoms with Gasteiger partial charge in [-0.2, -0.15) is 0 Å². The number of piperidine rings is 1. The molecule has 4 heteroatoms. The summed E-state index contributed by atoms with van der Waals surface area (Å²) in [6.07, 6.45) is 6.19. The Balaban J connectivity index is 2.03. The molecule has 1 atom stereocenters. The third kappa shape index (κ3) is 2.47. The molecular formula is C13H24N2O2. The molecule has 98 valence electrons. The molecule has 1 aliphatic heterocycles. The summed E-state index contributed by atoms with van der Waals surface area (Å²) in [5, 5.41) is 9.21. The molecule has 1 aliphatic carbocycles. The summed E-state index contributed by atoms with van der Waals surface area (Å²) in [6, 6.07) is 0. The van der Waals surface area contributed by atoms with Crippen molar-refractivity contribution in [2.75, 3.05) is 26.2 Å². The van der Waals surface area contributed by atoms with Gasteiger partial charge in [0.15, 0.2) is 0 Å². The number of carbonyl (C=O) groups is 1. The maximum atomic E-state index is 12.6. The second kappa shape index (κ2) is 5.36. The highest BCUT2D eigenvalue weighted by atomic mass is 16.3. The minimum atomic E-state index is -0.280. The molecule has 1 unspecified atom stereocenters. The fraction of sp³-hybridized carbons (Fsp3) is 0.923. The third-order valence-electron chi connectivity index (χ3n) is 4.47. The Hall–Kier alpha value is -0.610. The zero-order chi connectivity index (χ0) is 12.3. The number of nitrogens with zero attached hydrogens (tertiary/aromatic N) is 1. The van der Waals surface area contributed by atoms with Gasteiger partial charge in [0.2, 0.25) is 5.91 Å². The zero-order valence-electron chi connectivity index (χ0n) is 10.5. The van der Waals surface area contributed by atoms with Gasteiger partial charge in [0.25, 0.3) is 0 Å². The lowest BCUT2D eigenvalue weighted by atomic mass is 9.83. The Labute approximate surface area is 103 Å². The van der Waals surface area contributed by atoms with Crippen LogP contribution in [0.15, 0.2) is 0 Å². The molecule has 0 spiro atoms. The van der Waals surface area contributed by atoms with E-state index in [0.717, 1.165) is 51.6 Å². The second-order valence-corrected chi connectivity index (χ2v) is 5.63. The number of hydrogen-bond acceptors (Lipinski definition) is 3. The molecule has 0 radical (unpaired) electrons. The number of rotatable bonds is 3. The molecule has 0 aromatic carbocycles. The maximum Gasteiger partial charge on any atom is 0.230 e. The van der Waals surface area contributed by atoms with Gasteiger partial charge in [-0.1, -0.05) is 12.8 Å². The van der Waals surface area contributed by atoms with E-state index in [1.165, 1.54) is 0 Å². The van der Waals surface area contributed by atoms with Gasteiger partial charge >= 0.3 is 0 Å². The summed E-state index contributed by atoms with van der Waals surface area (Å²) in [5.74, 6) is 0.513. The first-order chi connectivity index (χ1) is 8.22. The quantitative estimate of drug-likeness (QED) is 0.764. The zero-order valence-corrected chi connectivity index (χ0v) is 10.5. The normalized spacial score (nSPS) is 28.4. The van der Waals surface area contributed by atoms with Crippen molar-refractivity contribution in [1.82, 2.24) is 4.90 Å². The fourth-order valence-electron chi connectivity index (χ4n) is 3.29. The third-order valence-corrected chi connectivity index (χ3v) is 4.47. The number of likely N-dealkylation sites (tertiary alicyclic amines) is 1. The molecule has 2 rings (SSSR count). The summed E-state index contributed by atoms with van der Waals surface area (Å²) >= 11 is 0. The summed E-state index contributed by atoms with van der Waals surface area (Å²) in [6.45, 7) is 2.24. The van der Waals surface area contributed by atoms with Gasteiger partial charge in [-0.25, -0.2) is 0 Å². The van der Waals surface area contributed by atoms with Crippen LogP contribution in [-0.2, 0) is 4.79 Å².